The molecular formula is C17H17BrN2O6S. The number of phenols is 1. The van der Waals surface area contributed by atoms with Crippen LogP contribution in [-0.2, 0) is 14.3 Å². The van der Waals surface area contributed by atoms with Crippen LogP contribution in [0.3, 0.4) is 0 Å². The summed E-state index contributed by atoms with van der Waals surface area (Å²) in [5, 5.41) is 16.8. The fourth-order valence-electron chi connectivity index (χ4n) is 1.80. The number of methoxy groups -OCH3 is 2. The Morgan fingerprint density at radius 3 is 2.56 bits per heavy atom. The van der Waals surface area contributed by atoms with E-state index >= 15 is 0 Å². The van der Waals surface area contributed by atoms with Gasteiger partial charge in [-0.2, -0.15) is 5.26 Å². The zero-order chi connectivity index (χ0) is 20.6. The number of nitriles is 1. The molecule has 1 N–H and O–H groups in total. The number of aromatic hydroxyl groups is 1. The predicted octanol–water partition coefficient (Wildman–Crippen LogP) is 3.29. The number of hydrogen-bond donors (Lipinski definition) is 1. The Morgan fingerprint density at radius 1 is 1.41 bits per heavy atom. The van der Waals surface area contributed by atoms with Crippen LogP contribution in [0.1, 0.15) is 18.9 Å². The van der Waals surface area contributed by atoms with Crippen molar-refractivity contribution in [2.75, 3.05) is 20.8 Å². The number of imide groups is 1. The van der Waals surface area contributed by atoms with E-state index in [1.807, 2.05) is 13.0 Å². The van der Waals surface area contributed by atoms with Gasteiger partial charge in [0.2, 0.25) is 0 Å². The highest BCUT2D eigenvalue weighted by atomic mass is 79.9. The third-order valence-corrected chi connectivity index (χ3v) is 4.73. The molecule has 144 valence electrons. The number of benzene rings is 1. The van der Waals surface area contributed by atoms with Crippen LogP contribution in [0.15, 0.2) is 21.5 Å². The summed E-state index contributed by atoms with van der Waals surface area (Å²) in [7, 11) is 2.58. The molecule has 0 atom stereocenters. The first-order chi connectivity index (χ1) is 12.8. The van der Waals surface area contributed by atoms with E-state index in [1.165, 1.54) is 32.4 Å². The smallest absolute Gasteiger partial charge is 0.325 e. The molecule has 10 heteroatoms. The SMILES string of the molecule is CCC#N.COC(=O)CN1C(=O)S/C(=C/c2cc(OC)c(O)cc2Br)C1=O. The van der Waals surface area contributed by atoms with E-state index in [0.29, 0.717) is 16.5 Å². The molecule has 0 bridgehead atoms. The molecule has 8 nitrogen and oxygen atoms in total. The predicted molar refractivity (Wildman–Crippen MR) is 103 cm³/mol. The highest BCUT2D eigenvalue weighted by Crippen LogP contribution is 2.37. The summed E-state index contributed by atoms with van der Waals surface area (Å²) < 4.78 is 9.99. The number of hydrogen-bond acceptors (Lipinski definition) is 8. The molecule has 1 aromatic rings. The summed E-state index contributed by atoms with van der Waals surface area (Å²) in [5.74, 6) is -1.09. The molecule has 2 amide bonds. The average Bonchev–Trinajstić information content (AvgIpc) is 2.91. The van der Waals surface area contributed by atoms with E-state index < -0.39 is 23.7 Å². The Hall–Kier alpha value is -2.51. The van der Waals surface area contributed by atoms with Gasteiger partial charge in [-0.1, -0.05) is 22.9 Å². The number of carbonyl (C=O) groups is 3. The standard InChI is InChI=1S/C14H12BrNO6S.C3H5N/c1-21-10-3-7(8(15)5-9(10)17)4-11-13(19)16(14(20)23-11)6-12(18)22-2;1-2-3-4/h3-5,17H,6H2,1-2H3;2H2,1H3/b11-4+;. The minimum Gasteiger partial charge on any atom is -0.504 e. The van der Waals surface area contributed by atoms with Crippen molar-refractivity contribution >= 4 is 50.9 Å². The summed E-state index contributed by atoms with van der Waals surface area (Å²) in [6.45, 7) is 1.39. The number of nitrogens with zero attached hydrogens (tertiary/aromatic N) is 2. The summed E-state index contributed by atoms with van der Waals surface area (Å²) >= 11 is 3.99. The third kappa shape index (κ3) is 6.01. The Labute approximate surface area is 168 Å². The van der Waals surface area contributed by atoms with Crippen molar-refractivity contribution in [3.63, 3.8) is 0 Å². The van der Waals surface area contributed by atoms with Gasteiger partial charge in [0.15, 0.2) is 11.5 Å². The van der Waals surface area contributed by atoms with Gasteiger partial charge < -0.3 is 14.6 Å². The first-order valence-electron chi connectivity index (χ1n) is 7.54. The van der Waals surface area contributed by atoms with Crippen LogP contribution in [-0.4, -0.2) is 47.9 Å². The second kappa shape index (κ2) is 10.6. The molecule has 0 aliphatic carbocycles. The van der Waals surface area contributed by atoms with Gasteiger partial charge in [-0.25, -0.2) is 0 Å². The Bertz CT molecular complexity index is 818. The molecule has 0 unspecified atom stereocenters. The topological polar surface area (TPSA) is 117 Å². The molecule has 27 heavy (non-hydrogen) atoms. The normalized spacial score (nSPS) is 14.5. The van der Waals surface area contributed by atoms with Crippen LogP contribution >= 0.6 is 27.7 Å². The van der Waals surface area contributed by atoms with Gasteiger partial charge in [0, 0.05) is 10.9 Å². The number of halogens is 1. The maximum absolute atomic E-state index is 12.2. The van der Waals surface area contributed by atoms with Gasteiger partial charge in [-0.05, 0) is 35.5 Å². The van der Waals surface area contributed by atoms with Crippen LogP contribution in [0.2, 0.25) is 0 Å². The second-order valence-electron chi connectivity index (χ2n) is 4.90. The Balaban J connectivity index is 0.000000828. The van der Waals surface area contributed by atoms with Gasteiger partial charge >= 0.3 is 5.97 Å². The van der Waals surface area contributed by atoms with Crippen molar-refractivity contribution in [3.8, 4) is 17.6 Å². The molecule has 0 saturated carbocycles. The quantitative estimate of drug-likeness (QED) is 0.541. The number of amides is 2. The molecule has 0 spiro atoms. The largest absolute Gasteiger partial charge is 0.504 e. The third-order valence-electron chi connectivity index (χ3n) is 3.13. The van der Waals surface area contributed by atoms with Crippen molar-refractivity contribution in [1.29, 1.82) is 5.26 Å². The molecule has 1 aromatic carbocycles. The molecule has 1 heterocycles. The van der Waals surface area contributed by atoms with Gasteiger partial charge in [-0.3, -0.25) is 19.3 Å². The molecule has 0 aromatic heterocycles. The number of thioether (sulfide) groups is 1. The maximum atomic E-state index is 12.2. The highest BCUT2D eigenvalue weighted by Gasteiger charge is 2.36. The summed E-state index contributed by atoms with van der Waals surface area (Å²) in [6, 6.07) is 4.87. The fraction of sp³-hybridized carbons (Fsp3) is 0.294. The summed E-state index contributed by atoms with van der Waals surface area (Å²) in [5.41, 5.74) is 0.545. The van der Waals surface area contributed by atoms with Gasteiger partial charge in [-0.15, -0.1) is 0 Å². The van der Waals surface area contributed by atoms with Crippen molar-refractivity contribution < 1.29 is 29.0 Å². The lowest BCUT2D eigenvalue weighted by molar-refractivity contribution is -0.143. The van der Waals surface area contributed by atoms with E-state index in [2.05, 4.69) is 20.7 Å². The first kappa shape index (κ1) is 22.5. The Morgan fingerprint density at radius 2 is 2.04 bits per heavy atom. The van der Waals surface area contributed by atoms with Crippen LogP contribution in [0.5, 0.6) is 11.5 Å². The van der Waals surface area contributed by atoms with E-state index in [4.69, 9.17) is 10.00 Å². The van der Waals surface area contributed by atoms with Crippen LogP contribution in [0, 0.1) is 11.3 Å². The van der Waals surface area contributed by atoms with Gasteiger partial charge in [0.1, 0.15) is 6.54 Å². The number of rotatable bonds is 4. The van der Waals surface area contributed by atoms with Gasteiger partial charge in [0.25, 0.3) is 11.1 Å². The van der Waals surface area contributed by atoms with Crippen molar-refractivity contribution in [1.82, 2.24) is 4.90 Å². The van der Waals surface area contributed by atoms with Crippen molar-refractivity contribution in [2.24, 2.45) is 0 Å². The van der Waals surface area contributed by atoms with E-state index in [-0.39, 0.29) is 16.4 Å². The van der Waals surface area contributed by atoms with Gasteiger partial charge in [0.05, 0.1) is 25.2 Å². The molecule has 0 radical (unpaired) electrons. The lowest BCUT2D eigenvalue weighted by atomic mass is 10.2. The molecular weight excluding hydrogens is 440 g/mol. The van der Waals surface area contributed by atoms with Crippen LogP contribution in [0.4, 0.5) is 4.79 Å². The highest BCUT2D eigenvalue weighted by molar-refractivity contribution is 9.10. The minimum absolute atomic E-state index is 0.0599. The monoisotopic (exact) mass is 456 g/mol. The van der Waals surface area contributed by atoms with Crippen molar-refractivity contribution in [2.45, 2.75) is 13.3 Å². The van der Waals surface area contributed by atoms with E-state index in [9.17, 15) is 19.5 Å². The lowest BCUT2D eigenvalue weighted by Gasteiger charge is -2.10. The molecule has 1 aliphatic heterocycles. The summed E-state index contributed by atoms with van der Waals surface area (Å²) in [6.07, 6.45) is 2.11. The number of carbonyl (C=O) groups excluding carboxylic acids is 3. The number of phenolic OH excluding ortho intramolecular Hbond substituents is 1. The molecule has 1 aliphatic rings. The molecule has 2 rings (SSSR count). The fourth-order valence-corrected chi connectivity index (χ4v) is 3.08. The zero-order valence-electron chi connectivity index (χ0n) is 14.8. The van der Waals surface area contributed by atoms with Crippen molar-refractivity contribution in [3.05, 3.63) is 27.1 Å². The first-order valence-corrected chi connectivity index (χ1v) is 9.15. The Kier molecular flexibility index (Phi) is 8.84. The molecule has 1 fully saturated rings. The zero-order valence-corrected chi connectivity index (χ0v) is 17.2. The minimum atomic E-state index is -0.680. The summed E-state index contributed by atoms with van der Waals surface area (Å²) in [4.78, 5) is 36.3. The number of esters is 1. The second-order valence-corrected chi connectivity index (χ2v) is 6.75. The van der Waals surface area contributed by atoms with E-state index in [0.717, 1.165) is 16.7 Å². The molecule has 1 saturated heterocycles. The van der Waals surface area contributed by atoms with E-state index in [1.54, 1.807) is 0 Å². The average molecular weight is 457 g/mol. The lowest BCUT2D eigenvalue weighted by Crippen LogP contribution is -2.34. The maximum Gasteiger partial charge on any atom is 0.325 e. The van der Waals surface area contributed by atoms with Crippen LogP contribution in [0.25, 0.3) is 6.08 Å². The number of ether oxygens (including phenoxy) is 2. The van der Waals surface area contributed by atoms with Crippen LogP contribution < -0.4 is 4.74 Å².